The number of ether oxygens (including phenoxy) is 4. The number of rotatable bonds is 7. The van der Waals surface area contributed by atoms with Crippen LogP contribution in [-0.4, -0.2) is 110 Å². The van der Waals surface area contributed by atoms with Gasteiger partial charge < -0.3 is 54.7 Å². The van der Waals surface area contributed by atoms with Crippen LogP contribution in [-0.2, 0) is 18.9 Å². The van der Waals surface area contributed by atoms with Crippen LogP contribution in [0.15, 0.2) is 30.3 Å². The molecule has 1 aromatic rings. The van der Waals surface area contributed by atoms with Crippen LogP contribution in [0.4, 0.5) is 0 Å². The molecule has 7 N–H and O–H groups in total. The quantitative estimate of drug-likeness (QED) is 0.218. The van der Waals surface area contributed by atoms with E-state index in [0.29, 0.717) is 5.56 Å². The van der Waals surface area contributed by atoms with E-state index in [0.717, 1.165) is 0 Å². The summed E-state index contributed by atoms with van der Waals surface area (Å²) >= 11 is 0. The molecule has 0 spiro atoms. The maximum absolute atomic E-state index is 10.3. The van der Waals surface area contributed by atoms with Gasteiger partial charge in [-0.1, -0.05) is 30.3 Å². The van der Waals surface area contributed by atoms with Crippen LogP contribution >= 0.6 is 0 Å². The largest absolute Gasteiger partial charge is 0.394 e. The van der Waals surface area contributed by atoms with Crippen molar-refractivity contribution in [2.75, 3.05) is 13.2 Å². The molecule has 32 heavy (non-hydrogen) atoms. The van der Waals surface area contributed by atoms with Gasteiger partial charge in [-0.15, -0.1) is 0 Å². The SMILES string of the molecule is N#CC(OC1O[C@H](CO[C@@H]2O[C@H](CO)[C@@H](O)[C@H](O)[C@H]2O)[C@@H](O)[C@H](O)[C@H]1O)c1ccccc1. The lowest BCUT2D eigenvalue weighted by molar-refractivity contribution is -0.334. The van der Waals surface area contributed by atoms with Gasteiger partial charge in [0.15, 0.2) is 18.7 Å². The highest BCUT2D eigenvalue weighted by atomic mass is 16.7. The Morgan fingerprint density at radius 1 is 0.812 bits per heavy atom. The van der Waals surface area contributed by atoms with Crippen LogP contribution in [0.25, 0.3) is 0 Å². The molecule has 12 heteroatoms. The van der Waals surface area contributed by atoms with Crippen LogP contribution in [0.2, 0.25) is 0 Å². The molecule has 1 aromatic carbocycles. The lowest BCUT2D eigenvalue weighted by atomic mass is 9.98. The monoisotopic (exact) mass is 457 g/mol. The number of nitrogens with zero attached hydrogens (tertiary/aromatic N) is 1. The second kappa shape index (κ2) is 10.9. The first-order valence-corrected chi connectivity index (χ1v) is 10.00. The first-order chi connectivity index (χ1) is 15.3. The molecular formula is C20H27NO11. The fraction of sp³-hybridized carbons (Fsp3) is 0.650. The van der Waals surface area contributed by atoms with Gasteiger partial charge in [0, 0.05) is 0 Å². The summed E-state index contributed by atoms with van der Waals surface area (Å²) in [6, 6.07) is 10.3. The maximum atomic E-state index is 10.3. The minimum atomic E-state index is -1.70. The first-order valence-electron chi connectivity index (χ1n) is 10.00. The highest BCUT2D eigenvalue weighted by Crippen LogP contribution is 2.28. The zero-order chi connectivity index (χ0) is 23.4. The van der Waals surface area contributed by atoms with Gasteiger partial charge >= 0.3 is 0 Å². The normalized spacial score (nSPS) is 41.1. The fourth-order valence-electron chi connectivity index (χ4n) is 3.51. The number of benzene rings is 1. The van der Waals surface area contributed by atoms with Crippen LogP contribution in [0.5, 0.6) is 0 Å². The van der Waals surface area contributed by atoms with Gasteiger partial charge in [0.05, 0.1) is 19.3 Å². The van der Waals surface area contributed by atoms with Crippen molar-refractivity contribution in [2.24, 2.45) is 0 Å². The highest BCUT2D eigenvalue weighted by molar-refractivity contribution is 5.22. The van der Waals surface area contributed by atoms with E-state index in [1.807, 2.05) is 6.07 Å². The second-order valence-electron chi connectivity index (χ2n) is 7.60. The van der Waals surface area contributed by atoms with Gasteiger partial charge in [0.2, 0.25) is 0 Å². The summed E-state index contributed by atoms with van der Waals surface area (Å²) in [4.78, 5) is 0. The smallest absolute Gasteiger partial charge is 0.188 e. The molecule has 2 fully saturated rings. The Balaban J connectivity index is 1.65. The Morgan fingerprint density at radius 2 is 1.38 bits per heavy atom. The molecular weight excluding hydrogens is 430 g/mol. The highest BCUT2D eigenvalue weighted by Gasteiger charge is 2.48. The summed E-state index contributed by atoms with van der Waals surface area (Å²) in [7, 11) is 0. The van der Waals surface area contributed by atoms with E-state index in [-0.39, 0.29) is 0 Å². The minimum absolute atomic E-state index is 0.487. The van der Waals surface area contributed by atoms with Gasteiger partial charge in [-0.3, -0.25) is 0 Å². The third-order valence-corrected chi connectivity index (χ3v) is 5.43. The van der Waals surface area contributed by atoms with Crippen molar-refractivity contribution in [1.29, 1.82) is 5.26 Å². The summed E-state index contributed by atoms with van der Waals surface area (Å²) in [6.07, 6.45) is -16.5. The molecule has 0 aliphatic carbocycles. The lowest BCUT2D eigenvalue weighted by Gasteiger charge is -2.43. The van der Waals surface area contributed by atoms with Gasteiger partial charge in [-0.2, -0.15) is 5.26 Å². The molecule has 2 aliphatic heterocycles. The third-order valence-electron chi connectivity index (χ3n) is 5.43. The Hall–Kier alpha value is -1.73. The number of aliphatic hydroxyl groups excluding tert-OH is 7. The molecule has 2 heterocycles. The Labute approximate surface area is 183 Å². The number of aliphatic hydroxyl groups is 7. The van der Waals surface area contributed by atoms with E-state index < -0.39 is 80.7 Å². The van der Waals surface area contributed by atoms with Gasteiger partial charge in [-0.05, 0) is 5.56 Å². The fourth-order valence-corrected chi connectivity index (χ4v) is 3.51. The maximum Gasteiger partial charge on any atom is 0.188 e. The molecule has 3 rings (SSSR count). The van der Waals surface area contributed by atoms with E-state index in [9.17, 15) is 41.0 Å². The van der Waals surface area contributed by atoms with E-state index in [1.165, 1.54) is 0 Å². The summed E-state index contributed by atoms with van der Waals surface area (Å²) in [5, 5.41) is 79.1. The van der Waals surface area contributed by atoms with Crippen molar-refractivity contribution in [3.8, 4) is 6.07 Å². The molecule has 11 atom stereocenters. The van der Waals surface area contributed by atoms with E-state index >= 15 is 0 Å². The summed E-state index contributed by atoms with van der Waals surface area (Å²) in [5.74, 6) is 0. The average Bonchev–Trinajstić information content (AvgIpc) is 2.81. The van der Waals surface area contributed by atoms with Crippen LogP contribution in [0.3, 0.4) is 0 Å². The van der Waals surface area contributed by atoms with Crippen LogP contribution < -0.4 is 0 Å². The summed E-state index contributed by atoms with van der Waals surface area (Å²) < 4.78 is 21.6. The molecule has 12 nitrogen and oxygen atoms in total. The molecule has 0 amide bonds. The van der Waals surface area contributed by atoms with E-state index in [1.54, 1.807) is 30.3 Å². The van der Waals surface area contributed by atoms with E-state index in [4.69, 9.17) is 18.9 Å². The van der Waals surface area contributed by atoms with Crippen molar-refractivity contribution in [3.63, 3.8) is 0 Å². The van der Waals surface area contributed by atoms with Crippen LogP contribution in [0.1, 0.15) is 11.7 Å². The number of nitriles is 1. The molecule has 178 valence electrons. The van der Waals surface area contributed by atoms with Crippen molar-refractivity contribution in [1.82, 2.24) is 0 Å². The Bertz CT molecular complexity index is 760. The van der Waals surface area contributed by atoms with E-state index in [2.05, 4.69) is 0 Å². The van der Waals surface area contributed by atoms with Gasteiger partial charge in [0.1, 0.15) is 48.8 Å². The Kier molecular flexibility index (Phi) is 8.50. The lowest BCUT2D eigenvalue weighted by Crippen LogP contribution is -2.61. The summed E-state index contributed by atoms with van der Waals surface area (Å²) in [6.45, 7) is -1.14. The molecule has 2 saturated heterocycles. The number of hydrogen-bond donors (Lipinski definition) is 7. The third kappa shape index (κ3) is 5.25. The predicted molar refractivity (Wildman–Crippen MR) is 102 cm³/mol. The van der Waals surface area contributed by atoms with Crippen LogP contribution in [0, 0.1) is 11.3 Å². The standard InChI is InChI=1S/C20H27NO11/c21-6-10(9-4-2-1-3-5-9)30-20-18(28)16(26)14(24)12(32-20)8-29-19-17(27)15(25)13(23)11(7-22)31-19/h1-5,10-20,22-28H,7-8H2/t10?,11-,12-,13-,14-,15+,16+,17-,18-,19-,20?/m1/s1. The van der Waals surface area contributed by atoms with Crippen molar-refractivity contribution < 1.29 is 54.7 Å². The van der Waals surface area contributed by atoms with Crippen molar-refractivity contribution >= 4 is 0 Å². The predicted octanol–water partition coefficient (Wildman–Crippen LogP) is -3.11. The zero-order valence-electron chi connectivity index (χ0n) is 16.9. The molecule has 0 radical (unpaired) electrons. The van der Waals surface area contributed by atoms with Gasteiger partial charge in [-0.25, -0.2) is 0 Å². The van der Waals surface area contributed by atoms with Gasteiger partial charge in [0.25, 0.3) is 0 Å². The first kappa shape index (κ1) is 24.9. The topological polar surface area (TPSA) is 202 Å². The van der Waals surface area contributed by atoms with Crippen molar-refractivity contribution in [2.45, 2.75) is 67.5 Å². The summed E-state index contributed by atoms with van der Waals surface area (Å²) in [5.41, 5.74) is 0.487. The molecule has 2 aliphatic rings. The zero-order valence-corrected chi connectivity index (χ0v) is 16.9. The molecule has 2 unspecified atom stereocenters. The van der Waals surface area contributed by atoms with Crippen molar-refractivity contribution in [3.05, 3.63) is 35.9 Å². The average molecular weight is 457 g/mol. The Morgan fingerprint density at radius 3 is 1.97 bits per heavy atom. The number of hydrogen-bond acceptors (Lipinski definition) is 12. The molecule has 0 aromatic heterocycles. The second-order valence-corrected chi connectivity index (χ2v) is 7.60. The molecule has 0 saturated carbocycles. The minimum Gasteiger partial charge on any atom is -0.394 e. The molecule has 0 bridgehead atoms.